The van der Waals surface area contributed by atoms with E-state index in [1.807, 2.05) is 0 Å². The molecule has 0 spiro atoms. The zero-order chi connectivity index (χ0) is 11.9. The van der Waals surface area contributed by atoms with E-state index in [-0.39, 0.29) is 5.69 Å². The zero-order valence-corrected chi connectivity index (χ0v) is 8.22. The van der Waals surface area contributed by atoms with E-state index >= 15 is 0 Å². The number of rotatable bonds is 1. The van der Waals surface area contributed by atoms with Gasteiger partial charge in [0.05, 0.1) is 5.69 Å². The van der Waals surface area contributed by atoms with Crippen LogP contribution in [-0.2, 0) is 0 Å². The molecule has 0 aliphatic heterocycles. The molecule has 2 aromatic rings. The molecule has 0 saturated heterocycles. The van der Waals surface area contributed by atoms with Gasteiger partial charge in [0.15, 0.2) is 17.5 Å². The largest absolute Gasteiger partial charge is 0.295 e. The Morgan fingerprint density at radius 2 is 1.69 bits per heavy atom. The van der Waals surface area contributed by atoms with Crippen molar-refractivity contribution in [1.29, 1.82) is 0 Å². The first-order chi connectivity index (χ1) is 7.49. The lowest BCUT2D eigenvalue weighted by molar-refractivity contribution is 0.446. The fraction of sp³-hybridized carbons (Fsp3) is 0.100. The van der Waals surface area contributed by atoms with Gasteiger partial charge in [-0.25, -0.2) is 17.9 Å². The topological polar surface area (TPSA) is 37.8 Å². The quantitative estimate of drug-likeness (QED) is 0.743. The van der Waals surface area contributed by atoms with Gasteiger partial charge in [-0.15, -0.1) is 0 Å². The average molecular weight is 228 g/mol. The predicted octanol–water partition coefficient (Wildman–Crippen LogP) is 1.89. The van der Waals surface area contributed by atoms with E-state index in [0.29, 0.717) is 5.69 Å². The van der Waals surface area contributed by atoms with Gasteiger partial charge in [-0.2, -0.15) is 0 Å². The summed E-state index contributed by atoms with van der Waals surface area (Å²) >= 11 is 0. The van der Waals surface area contributed by atoms with Crippen LogP contribution in [0.15, 0.2) is 23.0 Å². The van der Waals surface area contributed by atoms with E-state index < -0.39 is 23.0 Å². The standard InChI is InChI=1S/C10H7F3N2O/c1-5-2-9(16)15(14-5)6-3-7(11)10(13)8(12)4-6/h2-4,14H,1H3. The molecule has 1 heterocycles. The fourth-order valence-electron chi connectivity index (χ4n) is 1.38. The number of aromatic amines is 1. The lowest BCUT2D eigenvalue weighted by Gasteiger charge is -2.03. The summed E-state index contributed by atoms with van der Waals surface area (Å²) in [4.78, 5) is 11.3. The predicted molar refractivity (Wildman–Crippen MR) is 51.0 cm³/mol. The van der Waals surface area contributed by atoms with E-state index in [9.17, 15) is 18.0 Å². The lowest BCUT2D eigenvalue weighted by Crippen LogP contribution is -2.14. The summed E-state index contributed by atoms with van der Waals surface area (Å²) in [6.45, 7) is 1.62. The fourth-order valence-corrected chi connectivity index (χ4v) is 1.38. The Hall–Kier alpha value is -1.98. The summed E-state index contributed by atoms with van der Waals surface area (Å²) in [6.07, 6.45) is 0. The lowest BCUT2D eigenvalue weighted by atomic mass is 10.3. The molecule has 0 saturated carbocycles. The Labute approximate surface area is 88.1 Å². The van der Waals surface area contributed by atoms with Crippen LogP contribution in [0.3, 0.4) is 0 Å². The highest BCUT2D eigenvalue weighted by atomic mass is 19.2. The number of hydrogen-bond acceptors (Lipinski definition) is 1. The number of nitrogens with one attached hydrogen (secondary N) is 1. The van der Waals surface area contributed by atoms with Crippen LogP contribution in [0.4, 0.5) is 13.2 Å². The molecule has 0 aliphatic rings. The Morgan fingerprint density at radius 3 is 2.12 bits per heavy atom. The van der Waals surface area contributed by atoms with Gasteiger partial charge in [-0.05, 0) is 6.92 Å². The first-order valence-corrected chi connectivity index (χ1v) is 4.42. The molecule has 1 aromatic heterocycles. The molecule has 0 aliphatic carbocycles. The van der Waals surface area contributed by atoms with Crippen LogP contribution in [0.1, 0.15) is 5.69 Å². The Balaban J connectivity index is 2.66. The van der Waals surface area contributed by atoms with Crippen LogP contribution < -0.4 is 5.56 Å². The third-order valence-electron chi connectivity index (χ3n) is 2.08. The smallest absolute Gasteiger partial charge is 0.271 e. The van der Waals surface area contributed by atoms with Crippen LogP contribution in [0.2, 0.25) is 0 Å². The molecule has 0 bridgehead atoms. The maximum absolute atomic E-state index is 12.9. The molecular formula is C10H7F3N2O. The van der Waals surface area contributed by atoms with Crippen LogP contribution in [-0.4, -0.2) is 9.78 Å². The Bertz CT molecular complexity index is 577. The SMILES string of the molecule is Cc1cc(=O)n(-c2cc(F)c(F)c(F)c2)[nH]1. The van der Waals surface area contributed by atoms with E-state index in [4.69, 9.17) is 0 Å². The second kappa shape index (κ2) is 3.55. The van der Waals surface area contributed by atoms with Crippen LogP contribution in [0, 0.1) is 24.4 Å². The molecule has 16 heavy (non-hydrogen) atoms. The minimum Gasteiger partial charge on any atom is -0.295 e. The molecule has 1 aromatic carbocycles. The van der Waals surface area contributed by atoms with Crippen molar-refractivity contribution in [3.8, 4) is 5.69 Å². The van der Waals surface area contributed by atoms with Crippen molar-refractivity contribution in [3.63, 3.8) is 0 Å². The van der Waals surface area contributed by atoms with Gasteiger partial charge in [0.1, 0.15) is 0 Å². The van der Waals surface area contributed by atoms with Gasteiger partial charge in [0, 0.05) is 23.9 Å². The van der Waals surface area contributed by atoms with E-state index in [1.54, 1.807) is 6.92 Å². The second-order valence-electron chi connectivity index (χ2n) is 3.34. The highest BCUT2D eigenvalue weighted by molar-refractivity contribution is 5.33. The molecule has 0 unspecified atom stereocenters. The number of H-pyrrole nitrogens is 1. The van der Waals surface area contributed by atoms with Crippen LogP contribution in [0.5, 0.6) is 0 Å². The number of nitrogens with zero attached hydrogens (tertiary/aromatic N) is 1. The van der Waals surface area contributed by atoms with Crippen molar-refractivity contribution in [1.82, 2.24) is 9.78 Å². The average Bonchev–Trinajstić information content (AvgIpc) is 2.53. The normalized spacial score (nSPS) is 10.8. The minimum absolute atomic E-state index is 0.0884. The third-order valence-corrected chi connectivity index (χ3v) is 2.08. The number of benzene rings is 1. The van der Waals surface area contributed by atoms with E-state index in [0.717, 1.165) is 16.8 Å². The summed E-state index contributed by atoms with van der Waals surface area (Å²) < 4.78 is 39.5. The maximum Gasteiger partial charge on any atom is 0.271 e. The summed E-state index contributed by atoms with van der Waals surface area (Å²) in [5, 5.41) is 2.58. The van der Waals surface area contributed by atoms with Crippen molar-refractivity contribution in [2.45, 2.75) is 6.92 Å². The van der Waals surface area contributed by atoms with Gasteiger partial charge < -0.3 is 0 Å². The summed E-state index contributed by atoms with van der Waals surface area (Å²) in [6, 6.07) is 2.75. The molecule has 0 radical (unpaired) electrons. The Morgan fingerprint density at radius 1 is 1.12 bits per heavy atom. The molecule has 0 fully saturated rings. The van der Waals surface area contributed by atoms with Crippen LogP contribution in [0.25, 0.3) is 5.69 Å². The minimum atomic E-state index is -1.56. The molecule has 84 valence electrons. The number of halogens is 3. The number of aromatic nitrogens is 2. The summed E-state index contributed by atoms with van der Waals surface area (Å²) in [5.41, 5.74) is -0.0208. The number of aryl methyl sites for hydroxylation is 1. The maximum atomic E-state index is 12.9. The third kappa shape index (κ3) is 1.62. The first kappa shape index (κ1) is 10.5. The Kier molecular flexibility index (Phi) is 2.34. The summed E-state index contributed by atoms with van der Waals surface area (Å²) in [7, 11) is 0. The molecule has 0 amide bonds. The molecule has 1 N–H and O–H groups in total. The van der Waals surface area contributed by atoms with Gasteiger partial charge in [0.25, 0.3) is 5.56 Å². The van der Waals surface area contributed by atoms with Crippen molar-refractivity contribution in [3.05, 3.63) is 51.7 Å². The highest BCUT2D eigenvalue weighted by Gasteiger charge is 2.12. The first-order valence-electron chi connectivity index (χ1n) is 4.42. The van der Waals surface area contributed by atoms with Gasteiger partial charge in [-0.1, -0.05) is 0 Å². The monoisotopic (exact) mass is 228 g/mol. The molecule has 2 rings (SSSR count). The van der Waals surface area contributed by atoms with E-state index in [1.165, 1.54) is 6.07 Å². The van der Waals surface area contributed by atoms with Crippen molar-refractivity contribution < 1.29 is 13.2 Å². The van der Waals surface area contributed by atoms with E-state index in [2.05, 4.69) is 5.10 Å². The number of hydrogen-bond donors (Lipinski definition) is 1. The van der Waals surface area contributed by atoms with Crippen molar-refractivity contribution >= 4 is 0 Å². The second-order valence-corrected chi connectivity index (χ2v) is 3.34. The highest BCUT2D eigenvalue weighted by Crippen LogP contribution is 2.15. The summed E-state index contributed by atoms with van der Waals surface area (Å²) in [5.74, 6) is -4.23. The van der Waals surface area contributed by atoms with Crippen molar-refractivity contribution in [2.75, 3.05) is 0 Å². The molecular weight excluding hydrogens is 221 g/mol. The zero-order valence-electron chi connectivity index (χ0n) is 8.22. The van der Waals surface area contributed by atoms with Gasteiger partial charge in [-0.3, -0.25) is 9.89 Å². The van der Waals surface area contributed by atoms with Gasteiger partial charge in [0.2, 0.25) is 0 Å². The van der Waals surface area contributed by atoms with Crippen molar-refractivity contribution in [2.24, 2.45) is 0 Å². The molecule has 0 atom stereocenters. The molecule has 3 nitrogen and oxygen atoms in total. The molecule has 6 heteroatoms. The van der Waals surface area contributed by atoms with Crippen LogP contribution >= 0.6 is 0 Å². The van der Waals surface area contributed by atoms with Gasteiger partial charge >= 0.3 is 0 Å².